The van der Waals surface area contributed by atoms with Crippen molar-refractivity contribution in [3.63, 3.8) is 0 Å². The summed E-state index contributed by atoms with van der Waals surface area (Å²) in [4.78, 5) is 40.2. The molecule has 2 aromatic rings. The summed E-state index contributed by atoms with van der Waals surface area (Å²) in [7, 11) is 0. The number of urea groups is 1. The first-order valence-electron chi connectivity index (χ1n) is 17.5. The highest BCUT2D eigenvalue weighted by Gasteiger charge is 2.46. The average Bonchev–Trinajstić information content (AvgIpc) is 3.07. The third-order valence-corrected chi connectivity index (χ3v) is 10.4. The van der Waals surface area contributed by atoms with E-state index in [1.165, 1.54) is 12.1 Å². The van der Waals surface area contributed by atoms with Crippen LogP contribution in [0.1, 0.15) is 57.6 Å². The molecule has 0 radical (unpaired) electrons. The number of nitrogens with one attached hydrogen (secondary N) is 1. The van der Waals surface area contributed by atoms with E-state index in [9.17, 15) is 22.8 Å². The number of nitriles is 1. The topological polar surface area (TPSA) is 108 Å². The van der Waals surface area contributed by atoms with Gasteiger partial charge in [0.25, 0.3) is 0 Å². The number of piperidine rings is 2. The monoisotopic (exact) mass is 696 g/mol. The molecular formula is C36H47F3N8O3. The number of carbonyl (C=O) groups excluding carboxylic acids is 2. The molecule has 14 heteroatoms. The highest BCUT2D eigenvalue weighted by molar-refractivity contribution is 5.89. The van der Waals surface area contributed by atoms with Gasteiger partial charge in [-0.05, 0) is 88.1 Å². The average molecular weight is 697 g/mol. The Morgan fingerprint density at radius 3 is 2.20 bits per heavy atom. The quantitative estimate of drug-likeness (QED) is 0.414. The van der Waals surface area contributed by atoms with Crippen LogP contribution in [0.25, 0.3) is 0 Å². The molecule has 1 N–H and O–H groups in total. The number of rotatable bonds is 5. The van der Waals surface area contributed by atoms with E-state index in [1.54, 1.807) is 22.1 Å². The number of piperazine rings is 1. The van der Waals surface area contributed by atoms with Crippen molar-refractivity contribution < 1.29 is 27.5 Å². The number of pyridine rings is 1. The van der Waals surface area contributed by atoms with Crippen LogP contribution in [-0.2, 0) is 10.9 Å². The minimum absolute atomic E-state index is 0.200. The van der Waals surface area contributed by atoms with Crippen LogP contribution >= 0.6 is 0 Å². The van der Waals surface area contributed by atoms with Crippen LogP contribution in [0, 0.1) is 22.7 Å². The third kappa shape index (κ3) is 8.37. The Morgan fingerprint density at radius 2 is 1.62 bits per heavy atom. The number of carbonyl (C=O) groups is 2. The number of benzene rings is 1. The van der Waals surface area contributed by atoms with Gasteiger partial charge in [0.1, 0.15) is 11.4 Å². The van der Waals surface area contributed by atoms with Gasteiger partial charge in [0.2, 0.25) is 0 Å². The van der Waals surface area contributed by atoms with Gasteiger partial charge < -0.3 is 34.6 Å². The van der Waals surface area contributed by atoms with E-state index in [4.69, 9.17) is 10.00 Å². The van der Waals surface area contributed by atoms with Crippen molar-refractivity contribution in [2.45, 2.75) is 58.2 Å². The van der Waals surface area contributed by atoms with Gasteiger partial charge in [0.05, 0.1) is 29.1 Å². The molecule has 3 amide bonds. The van der Waals surface area contributed by atoms with Crippen molar-refractivity contribution in [1.82, 2.24) is 19.7 Å². The number of hydrogen-bond acceptors (Lipinski definition) is 8. The molecule has 4 fully saturated rings. The molecule has 0 aliphatic carbocycles. The van der Waals surface area contributed by atoms with Crippen molar-refractivity contribution in [2.24, 2.45) is 11.3 Å². The predicted molar refractivity (Wildman–Crippen MR) is 184 cm³/mol. The summed E-state index contributed by atoms with van der Waals surface area (Å²) in [6, 6.07) is 8.83. The van der Waals surface area contributed by atoms with E-state index >= 15 is 0 Å². The molecule has 270 valence electrons. The van der Waals surface area contributed by atoms with Gasteiger partial charge in [-0.25, -0.2) is 14.6 Å². The molecule has 4 saturated heterocycles. The number of ether oxygens (including phenoxy) is 1. The first-order chi connectivity index (χ1) is 23.7. The fourth-order valence-electron chi connectivity index (χ4n) is 7.63. The van der Waals surface area contributed by atoms with Gasteiger partial charge in [-0.2, -0.15) is 18.4 Å². The van der Waals surface area contributed by atoms with Crippen LogP contribution in [0.3, 0.4) is 0 Å². The molecule has 0 unspecified atom stereocenters. The normalized spacial score (nSPS) is 20.3. The Bertz CT molecular complexity index is 1560. The summed E-state index contributed by atoms with van der Waals surface area (Å²) in [5.41, 5.74) is -0.524. The number of aromatic nitrogens is 1. The Hall–Kier alpha value is -4.25. The van der Waals surface area contributed by atoms with Crippen LogP contribution in [0.4, 0.5) is 40.0 Å². The number of alkyl halides is 3. The summed E-state index contributed by atoms with van der Waals surface area (Å²) in [5, 5.41) is 12.0. The van der Waals surface area contributed by atoms with Gasteiger partial charge in [0, 0.05) is 77.7 Å². The maximum absolute atomic E-state index is 13.4. The number of anilines is 3. The maximum atomic E-state index is 13.4. The zero-order valence-electron chi connectivity index (χ0n) is 29.1. The molecule has 0 bridgehead atoms. The second kappa shape index (κ2) is 14.2. The van der Waals surface area contributed by atoms with E-state index in [0.29, 0.717) is 48.9 Å². The number of amides is 3. The smallest absolute Gasteiger partial charge is 0.417 e. The lowest BCUT2D eigenvalue weighted by Gasteiger charge is -2.55. The molecule has 1 aromatic carbocycles. The summed E-state index contributed by atoms with van der Waals surface area (Å²) in [6.07, 6.45) is 1.12. The summed E-state index contributed by atoms with van der Waals surface area (Å²) >= 11 is 0. The van der Waals surface area contributed by atoms with E-state index in [0.717, 1.165) is 83.4 Å². The lowest BCUT2D eigenvalue weighted by molar-refractivity contribution is -0.137. The van der Waals surface area contributed by atoms with Crippen LogP contribution in [0.2, 0.25) is 0 Å². The minimum atomic E-state index is -4.62. The van der Waals surface area contributed by atoms with Crippen LogP contribution < -0.4 is 15.1 Å². The van der Waals surface area contributed by atoms with E-state index in [2.05, 4.69) is 20.1 Å². The lowest BCUT2D eigenvalue weighted by atomic mass is 9.71. The molecule has 11 nitrogen and oxygen atoms in total. The molecule has 1 spiro atoms. The fourth-order valence-corrected chi connectivity index (χ4v) is 7.63. The maximum Gasteiger partial charge on any atom is 0.417 e. The summed E-state index contributed by atoms with van der Waals surface area (Å²) in [5.74, 6) is 1.53. The van der Waals surface area contributed by atoms with E-state index in [1.807, 2.05) is 37.8 Å². The number of hydrogen-bond donors (Lipinski definition) is 1. The highest BCUT2D eigenvalue weighted by atomic mass is 19.4. The van der Waals surface area contributed by atoms with Crippen LogP contribution in [0.5, 0.6) is 0 Å². The molecule has 1 aromatic heterocycles. The Kier molecular flexibility index (Phi) is 10.1. The van der Waals surface area contributed by atoms with E-state index < -0.39 is 22.9 Å². The van der Waals surface area contributed by atoms with Gasteiger partial charge in [0.15, 0.2) is 0 Å². The summed E-state index contributed by atoms with van der Waals surface area (Å²) < 4.78 is 45.8. The highest BCUT2D eigenvalue weighted by Crippen LogP contribution is 2.41. The standard InChI is InChI=1S/C36H47F3N8O3/c1-34(2,3)50-33(49)47-14-10-35(11-15-47)24-43(25-35)23-26-8-12-45(13-9-26)31-7-5-28(22-41-31)42-32(48)46-18-16-44(17-19-46)29-6-4-27(21-40)30(20-29)36(37,38)39/h4-7,20,22,26H,8-19,23-25H2,1-3H3,(H,42,48). The van der Waals surface area contributed by atoms with Crippen molar-refractivity contribution in [3.8, 4) is 6.07 Å². The fraction of sp³-hybridized carbons (Fsp3) is 0.611. The Morgan fingerprint density at radius 1 is 0.940 bits per heavy atom. The second-order valence-electron chi connectivity index (χ2n) is 15.2. The van der Waals surface area contributed by atoms with Gasteiger partial charge in [-0.3, -0.25) is 0 Å². The SMILES string of the molecule is CC(C)(C)OC(=O)N1CCC2(CC1)CN(CC1CCN(c3ccc(NC(=O)N4CCN(c5ccc(C#N)c(C(F)(F)F)c5)CC4)cn3)CC1)C2. The predicted octanol–water partition coefficient (Wildman–Crippen LogP) is 5.88. The molecule has 4 aliphatic rings. The third-order valence-electron chi connectivity index (χ3n) is 10.4. The molecular weight excluding hydrogens is 649 g/mol. The van der Waals surface area contributed by atoms with Crippen molar-refractivity contribution in [1.29, 1.82) is 5.26 Å². The largest absolute Gasteiger partial charge is 0.444 e. The van der Waals surface area contributed by atoms with Crippen molar-refractivity contribution >= 4 is 29.3 Å². The Labute approximate surface area is 291 Å². The minimum Gasteiger partial charge on any atom is -0.444 e. The van der Waals surface area contributed by atoms with E-state index in [-0.39, 0.29) is 12.1 Å². The molecule has 5 heterocycles. The number of likely N-dealkylation sites (tertiary alicyclic amines) is 2. The summed E-state index contributed by atoms with van der Waals surface area (Å²) in [6.45, 7) is 13.9. The first kappa shape index (κ1) is 35.6. The zero-order chi connectivity index (χ0) is 35.7. The Balaban J connectivity index is 0.897. The second-order valence-corrected chi connectivity index (χ2v) is 15.2. The number of halogens is 3. The van der Waals surface area contributed by atoms with Crippen molar-refractivity contribution in [2.75, 3.05) is 87.1 Å². The number of nitrogens with zero attached hydrogens (tertiary/aromatic N) is 7. The molecule has 6 rings (SSSR count). The molecule has 0 atom stereocenters. The molecule has 4 aliphatic heterocycles. The molecule has 0 saturated carbocycles. The first-order valence-corrected chi connectivity index (χ1v) is 17.5. The van der Waals surface area contributed by atoms with Gasteiger partial charge in [-0.15, -0.1) is 0 Å². The van der Waals surface area contributed by atoms with Gasteiger partial charge >= 0.3 is 18.3 Å². The lowest BCUT2D eigenvalue weighted by Crippen LogP contribution is -2.61. The van der Waals surface area contributed by atoms with Crippen LogP contribution in [0.15, 0.2) is 36.5 Å². The van der Waals surface area contributed by atoms with Gasteiger partial charge in [-0.1, -0.05) is 0 Å². The van der Waals surface area contributed by atoms with Crippen molar-refractivity contribution in [3.05, 3.63) is 47.7 Å². The molecule has 50 heavy (non-hydrogen) atoms. The zero-order valence-corrected chi connectivity index (χ0v) is 29.1. The van der Waals surface area contributed by atoms with Crippen LogP contribution in [-0.4, -0.2) is 109 Å².